The summed E-state index contributed by atoms with van der Waals surface area (Å²) in [4.78, 5) is 36.5. The number of H-pyrrole nitrogens is 1. The molecule has 1 aromatic rings. The molecule has 19 heavy (non-hydrogen) atoms. The Morgan fingerprint density at radius 1 is 1.42 bits per heavy atom. The molecular weight excluding hydrogens is 252 g/mol. The maximum Gasteiger partial charge on any atom is 0.329 e. The van der Waals surface area contributed by atoms with Crippen LogP contribution in [0.2, 0.25) is 0 Å². The highest BCUT2D eigenvalue weighted by Gasteiger charge is 2.48. The van der Waals surface area contributed by atoms with Crippen molar-refractivity contribution < 1.29 is 19.8 Å². The molecule has 102 valence electrons. The van der Waals surface area contributed by atoms with Crippen LogP contribution in [0.3, 0.4) is 0 Å². The fourth-order valence-electron chi connectivity index (χ4n) is 1.96. The van der Waals surface area contributed by atoms with Crippen molar-refractivity contribution in [3.63, 3.8) is 0 Å². The number of hydrogen-bond acceptors (Lipinski definition) is 4. The first-order chi connectivity index (χ1) is 8.83. The molecule has 1 aliphatic carbocycles. The van der Waals surface area contributed by atoms with Gasteiger partial charge in [0.15, 0.2) is 5.88 Å². The Balaban J connectivity index is 2.24. The number of carboxylic acid groups (broad SMARTS) is 1. The number of aromatic amines is 1. The third-order valence-corrected chi connectivity index (χ3v) is 3.30. The number of carbonyl (C=O) groups excluding carboxylic acids is 1. The average Bonchev–Trinajstić information content (AvgIpc) is 3.10. The molecule has 0 saturated heterocycles. The van der Waals surface area contributed by atoms with E-state index in [2.05, 4.69) is 10.3 Å². The van der Waals surface area contributed by atoms with Gasteiger partial charge in [-0.1, -0.05) is 0 Å². The van der Waals surface area contributed by atoms with Crippen molar-refractivity contribution in [1.29, 1.82) is 0 Å². The third kappa shape index (κ3) is 2.59. The number of carbonyl (C=O) groups is 2. The number of hydrogen-bond donors (Lipinski definition) is 4. The van der Waals surface area contributed by atoms with Crippen LogP contribution in [0, 0.1) is 5.92 Å². The van der Waals surface area contributed by atoms with Crippen molar-refractivity contribution in [2.75, 3.05) is 0 Å². The van der Waals surface area contributed by atoms with Gasteiger partial charge in [-0.05, 0) is 25.7 Å². The van der Waals surface area contributed by atoms with Crippen LogP contribution in [0.25, 0.3) is 0 Å². The molecule has 1 aromatic heterocycles. The topological polar surface area (TPSA) is 119 Å². The summed E-state index contributed by atoms with van der Waals surface area (Å²) < 4.78 is 0. The highest BCUT2D eigenvalue weighted by atomic mass is 16.4. The molecule has 0 spiro atoms. The molecule has 1 heterocycles. The summed E-state index contributed by atoms with van der Waals surface area (Å²) in [6.45, 7) is 1.44. The molecule has 2 rings (SSSR count). The predicted molar refractivity (Wildman–Crippen MR) is 65.0 cm³/mol. The van der Waals surface area contributed by atoms with Crippen LogP contribution < -0.4 is 10.9 Å². The summed E-state index contributed by atoms with van der Waals surface area (Å²) in [5.74, 6) is -2.36. The molecule has 1 aliphatic rings. The van der Waals surface area contributed by atoms with Gasteiger partial charge in [-0.3, -0.25) is 14.6 Å². The molecule has 1 amide bonds. The van der Waals surface area contributed by atoms with Crippen molar-refractivity contribution >= 4 is 11.9 Å². The smallest absolute Gasteiger partial charge is 0.329 e. The van der Waals surface area contributed by atoms with Gasteiger partial charge in [-0.15, -0.1) is 0 Å². The average molecular weight is 266 g/mol. The lowest BCUT2D eigenvalue weighted by Gasteiger charge is -2.26. The van der Waals surface area contributed by atoms with Gasteiger partial charge in [-0.2, -0.15) is 0 Å². The van der Waals surface area contributed by atoms with Gasteiger partial charge in [0.2, 0.25) is 0 Å². The summed E-state index contributed by atoms with van der Waals surface area (Å²) in [5, 5.41) is 20.9. The van der Waals surface area contributed by atoms with E-state index in [1.807, 2.05) is 0 Å². The first-order valence-corrected chi connectivity index (χ1v) is 5.82. The van der Waals surface area contributed by atoms with Crippen LogP contribution in [0.5, 0.6) is 5.88 Å². The number of amides is 1. The molecule has 1 saturated carbocycles. The molecule has 1 atom stereocenters. The Morgan fingerprint density at radius 2 is 2.05 bits per heavy atom. The lowest BCUT2D eigenvalue weighted by atomic mass is 9.95. The van der Waals surface area contributed by atoms with Gasteiger partial charge in [0, 0.05) is 12.1 Å². The van der Waals surface area contributed by atoms with E-state index in [1.54, 1.807) is 0 Å². The van der Waals surface area contributed by atoms with E-state index in [9.17, 15) is 24.6 Å². The fourth-order valence-corrected chi connectivity index (χ4v) is 1.96. The second-order valence-electron chi connectivity index (χ2n) is 4.85. The second kappa shape index (κ2) is 4.42. The Morgan fingerprint density at radius 3 is 2.53 bits per heavy atom. The van der Waals surface area contributed by atoms with Gasteiger partial charge in [0.1, 0.15) is 5.54 Å². The number of rotatable bonds is 4. The van der Waals surface area contributed by atoms with Crippen LogP contribution in [0.15, 0.2) is 16.9 Å². The normalized spacial score (nSPS) is 17.5. The Kier molecular flexibility index (Phi) is 3.05. The highest BCUT2D eigenvalue weighted by molar-refractivity contribution is 5.98. The molecule has 7 heteroatoms. The summed E-state index contributed by atoms with van der Waals surface area (Å²) in [6.07, 6.45) is 1.48. The SMILES string of the molecule is CC(NC(=O)c1cc(O)[nH]c(=O)c1)(C(=O)O)C1CC1. The van der Waals surface area contributed by atoms with E-state index in [1.165, 1.54) is 6.92 Å². The molecule has 1 fully saturated rings. The van der Waals surface area contributed by atoms with E-state index in [4.69, 9.17) is 0 Å². The quantitative estimate of drug-likeness (QED) is 0.614. The Labute approximate surface area is 108 Å². The molecular formula is C12H14N2O5. The number of pyridine rings is 1. The number of aromatic hydroxyl groups is 1. The zero-order chi connectivity index (χ0) is 14.2. The zero-order valence-electron chi connectivity index (χ0n) is 10.3. The first-order valence-electron chi connectivity index (χ1n) is 5.82. The van der Waals surface area contributed by atoms with Crippen LogP contribution in [-0.2, 0) is 4.79 Å². The van der Waals surface area contributed by atoms with E-state index >= 15 is 0 Å². The molecule has 4 N–H and O–H groups in total. The van der Waals surface area contributed by atoms with Crippen molar-refractivity contribution in [2.45, 2.75) is 25.3 Å². The number of aliphatic carboxylic acids is 1. The highest BCUT2D eigenvalue weighted by Crippen LogP contribution is 2.39. The van der Waals surface area contributed by atoms with Crippen LogP contribution in [-0.4, -0.2) is 32.6 Å². The Hall–Kier alpha value is -2.31. The Bertz CT molecular complexity index is 590. The molecule has 7 nitrogen and oxygen atoms in total. The number of aromatic nitrogens is 1. The minimum Gasteiger partial charge on any atom is -0.494 e. The standard InChI is InChI=1S/C12H14N2O5/c1-12(11(18)19,7-2-3-7)14-10(17)6-4-8(15)13-9(16)5-6/h4-5,7H,2-3H2,1H3,(H,14,17)(H,18,19)(H2,13,15,16). The van der Waals surface area contributed by atoms with E-state index < -0.39 is 28.9 Å². The second-order valence-corrected chi connectivity index (χ2v) is 4.85. The summed E-state index contributed by atoms with van der Waals surface area (Å²) in [6, 6.07) is 2.08. The summed E-state index contributed by atoms with van der Waals surface area (Å²) >= 11 is 0. The maximum atomic E-state index is 12.0. The predicted octanol–water partition coefficient (Wildman–Crippen LogP) is 0.0636. The number of nitrogens with one attached hydrogen (secondary N) is 2. The van der Waals surface area contributed by atoms with Crippen LogP contribution in [0.1, 0.15) is 30.1 Å². The lowest BCUT2D eigenvalue weighted by molar-refractivity contribution is -0.144. The van der Waals surface area contributed by atoms with Crippen LogP contribution in [0.4, 0.5) is 0 Å². The largest absolute Gasteiger partial charge is 0.494 e. The van der Waals surface area contributed by atoms with E-state index in [0.717, 1.165) is 25.0 Å². The summed E-state index contributed by atoms with van der Waals surface area (Å²) in [5.41, 5.74) is -2.06. The fraction of sp³-hybridized carbons (Fsp3) is 0.417. The van der Waals surface area contributed by atoms with E-state index in [-0.39, 0.29) is 11.5 Å². The number of carboxylic acids is 1. The molecule has 0 aliphatic heterocycles. The van der Waals surface area contributed by atoms with E-state index in [0.29, 0.717) is 0 Å². The zero-order valence-corrected chi connectivity index (χ0v) is 10.3. The molecule has 1 unspecified atom stereocenters. The van der Waals surface area contributed by atoms with Crippen molar-refractivity contribution in [2.24, 2.45) is 5.92 Å². The van der Waals surface area contributed by atoms with Gasteiger partial charge in [-0.25, -0.2) is 4.79 Å². The molecule has 0 radical (unpaired) electrons. The van der Waals surface area contributed by atoms with Crippen molar-refractivity contribution in [1.82, 2.24) is 10.3 Å². The minimum atomic E-state index is -1.35. The van der Waals surface area contributed by atoms with Gasteiger partial charge < -0.3 is 15.5 Å². The van der Waals surface area contributed by atoms with Crippen molar-refractivity contribution in [3.8, 4) is 5.88 Å². The monoisotopic (exact) mass is 266 g/mol. The van der Waals surface area contributed by atoms with Gasteiger partial charge in [0.05, 0.1) is 5.56 Å². The summed E-state index contributed by atoms with van der Waals surface area (Å²) in [7, 11) is 0. The molecule has 0 aromatic carbocycles. The molecule has 0 bridgehead atoms. The maximum absolute atomic E-state index is 12.0. The minimum absolute atomic E-state index is 0.0747. The van der Waals surface area contributed by atoms with Crippen LogP contribution >= 0.6 is 0 Å². The van der Waals surface area contributed by atoms with Gasteiger partial charge >= 0.3 is 5.97 Å². The third-order valence-electron chi connectivity index (χ3n) is 3.30. The van der Waals surface area contributed by atoms with Gasteiger partial charge in [0.25, 0.3) is 11.5 Å². The first kappa shape index (κ1) is 13.1. The lowest BCUT2D eigenvalue weighted by Crippen LogP contribution is -2.54. The van der Waals surface area contributed by atoms with Crippen molar-refractivity contribution in [3.05, 3.63) is 28.0 Å².